The second-order valence-electron chi connectivity index (χ2n) is 4.48. The molecule has 0 bridgehead atoms. The van der Waals surface area contributed by atoms with Crippen molar-refractivity contribution in [3.05, 3.63) is 29.8 Å². The first-order valence-corrected chi connectivity index (χ1v) is 7.85. The summed E-state index contributed by atoms with van der Waals surface area (Å²) in [6, 6.07) is 8.01. The van der Waals surface area contributed by atoms with E-state index in [2.05, 4.69) is 4.90 Å². The molecule has 2 N–H and O–H groups in total. The molecule has 0 spiro atoms. The third-order valence-electron chi connectivity index (χ3n) is 3.26. The maximum absolute atomic E-state index is 11.4. The average Bonchev–Trinajstić information content (AvgIpc) is 2.38. The Kier molecular flexibility index (Phi) is 3.89. The van der Waals surface area contributed by atoms with Crippen molar-refractivity contribution in [1.29, 1.82) is 0 Å². The molecule has 1 aromatic carbocycles. The number of hydrogen-bond donors (Lipinski definition) is 1. The van der Waals surface area contributed by atoms with Crippen molar-refractivity contribution >= 4 is 15.7 Å². The smallest absolute Gasteiger partial charge is 0.211 e. The van der Waals surface area contributed by atoms with Crippen LogP contribution in [0.2, 0.25) is 0 Å². The van der Waals surface area contributed by atoms with Gasteiger partial charge in [0.05, 0.1) is 6.26 Å². The van der Waals surface area contributed by atoms with E-state index in [4.69, 9.17) is 5.73 Å². The van der Waals surface area contributed by atoms with Crippen molar-refractivity contribution in [1.82, 2.24) is 4.31 Å². The van der Waals surface area contributed by atoms with E-state index < -0.39 is 10.0 Å². The molecule has 1 fully saturated rings. The lowest BCUT2D eigenvalue weighted by Gasteiger charge is -2.35. The first-order valence-electron chi connectivity index (χ1n) is 6.00. The summed E-state index contributed by atoms with van der Waals surface area (Å²) >= 11 is 0. The number of nitrogens with two attached hydrogens (primary N) is 1. The van der Waals surface area contributed by atoms with Crippen LogP contribution in [0.5, 0.6) is 0 Å². The number of piperazine rings is 1. The molecule has 6 heteroatoms. The molecule has 1 aliphatic heterocycles. The Morgan fingerprint density at radius 1 is 1.17 bits per heavy atom. The molecule has 0 aliphatic carbocycles. The van der Waals surface area contributed by atoms with E-state index in [0.29, 0.717) is 32.7 Å². The molecule has 1 saturated heterocycles. The lowest BCUT2D eigenvalue weighted by atomic mass is 10.1. The molecule has 18 heavy (non-hydrogen) atoms. The number of hydrogen-bond acceptors (Lipinski definition) is 4. The van der Waals surface area contributed by atoms with Crippen LogP contribution in [0.15, 0.2) is 24.3 Å². The summed E-state index contributed by atoms with van der Waals surface area (Å²) in [6.45, 7) is 3.01. The Bertz CT molecular complexity index is 508. The minimum Gasteiger partial charge on any atom is -0.369 e. The van der Waals surface area contributed by atoms with Gasteiger partial charge in [-0.3, -0.25) is 0 Å². The van der Waals surface area contributed by atoms with Crippen molar-refractivity contribution in [3.8, 4) is 0 Å². The van der Waals surface area contributed by atoms with E-state index in [0.717, 1.165) is 11.3 Å². The highest BCUT2D eigenvalue weighted by atomic mass is 32.2. The zero-order chi connectivity index (χ0) is 13.2. The maximum Gasteiger partial charge on any atom is 0.211 e. The van der Waals surface area contributed by atoms with Crippen molar-refractivity contribution in [2.45, 2.75) is 6.54 Å². The predicted molar refractivity (Wildman–Crippen MR) is 73.0 cm³/mol. The Balaban J connectivity index is 2.10. The van der Waals surface area contributed by atoms with Gasteiger partial charge in [0.2, 0.25) is 10.0 Å². The minimum absolute atomic E-state index is 0.502. The van der Waals surface area contributed by atoms with Crippen LogP contribution in [0.1, 0.15) is 5.56 Å². The van der Waals surface area contributed by atoms with Gasteiger partial charge in [0.1, 0.15) is 0 Å². The first kappa shape index (κ1) is 13.3. The third-order valence-corrected chi connectivity index (χ3v) is 4.56. The number of anilines is 1. The van der Waals surface area contributed by atoms with Crippen LogP contribution in [0.25, 0.3) is 0 Å². The second-order valence-corrected chi connectivity index (χ2v) is 6.46. The summed E-state index contributed by atoms with van der Waals surface area (Å²) in [7, 11) is -3.07. The summed E-state index contributed by atoms with van der Waals surface area (Å²) in [6.07, 6.45) is 1.26. The lowest BCUT2D eigenvalue weighted by molar-refractivity contribution is 0.388. The largest absolute Gasteiger partial charge is 0.369 e. The molecule has 2 rings (SSSR count). The highest BCUT2D eigenvalue weighted by molar-refractivity contribution is 7.88. The zero-order valence-electron chi connectivity index (χ0n) is 10.5. The van der Waals surface area contributed by atoms with Crippen LogP contribution in [0.3, 0.4) is 0 Å². The number of benzene rings is 1. The van der Waals surface area contributed by atoms with Crippen LogP contribution in [-0.2, 0) is 16.6 Å². The van der Waals surface area contributed by atoms with Crippen LogP contribution in [0, 0.1) is 0 Å². The van der Waals surface area contributed by atoms with Gasteiger partial charge in [-0.2, -0.15) is 4.31 Å². The molecule has 0 saturated carbocycles. The molecule has 0 atom stereocenters. The van der Waals surface area contributed by atoms with Crippen molar-refractivity contribution in [2.24, 2.45) is 5.73 Å². The van der Waals surface area contributed by atoms with E-state index in [1.165, 1.54) is 10.6 Å². The minimum atomic E-state index is -3.07. The van der Waals surface area contributed by atoms with Gasteiger partial charge in [0.15, 0.2) is 0 Å². The molecule has 0 amide bonds. The van der Waals surface area contributed by atoms with E-state index in [1.54, 1.807) is 0 Å². The van der Waals surface area contributed by atoms with Crippen LogP contribution in [-0.4, -0.2) is 45.2 Å². The SMILES string of the molecule is CS(=O)(=O)N1CCN(c2ccccc2CN)CC1. The van der Waals surface area contributed by atoms with E-state index >= 15 is 0 Å². The van der Waals surface area contributed by atoms with Crippen LogP contribution in [0.4, 0.5) is 5.69 Å². The van der Waals surface area contributed by atoms with E-state index in [1.807, 2.05) is 24.3 Å². The monoisotopic (exact) mass is 269 g/mol. The summed E-state index contributed by atoms with van der Waals surface area (Å²) in [5.41, 5.74) is 7.94. The molecule has 5 nitrogen and oxygen atoms in total. The number of rotatable bonds is 3. The number of sulfonamides is 1. The topological polar surface area (TPSA) is 66.6 Å². The third kappa shape index (κ3) is 2.82. The van der Waals surface area contributed by atoms with E-state index in [9.17, 15) is 8.42 Å². The Hall–Kier alpha value is -1.11. The highest BCUT2D eigenvalue weighted by Crippen LogP contribution is 2.21. The molecule has 0 aromatic heterocycles. The fourth-order valence-corrected chi connectivity index (χ4v) is 3.08. The Morgan fingerprint density at radius 2 is 1.78 bits per heavy atom. The molecule has 0 unspecified atom stereocenters. The molecule has 1 aliphatic rings. The summed E-state index contributed by atoms with van der Waals surface area (Å²) < 4.78 is 24.4. The number of nitrogens with zero attached hydrogens (tertiary/aromatic N) is 2. The molecular formula is C12H19N3O2S. The van der Waals surface area contributed by atoms with Gasteiger partial charge < -0.3 is 10.6 Å². The standard InChI is InChI=1S/C12H19N3O2S/c1-18(16,17)15-8-6-14(7-9-15)12-5-3-2-4-11(12)10-13/h2-5H,6-10,13H2,1H3. The highest BCUT2D eigenvalue weighted by Gasteiger charge is 2.24. The average molecular weight is 269 g/mol. The van der Waals surface area contributed by atoms with Gasteiger partial charge in [0.25, 0.3) is 0 Å². The van der Waals surface area contributed by atoms with Crippen molar-refractivity contribution in [2.75, 3.05) is 37.3 Å². The quantitative estimate of drug-likeness (QED) is 0.853. The fraction of sp³-hybridized carbons (Fsp3) is 0.500. The first-order chi connectivity index (χ1) is 8.52. The second kappa shape index (κ2) is 5.26. The fourth-order valence-electron chi connectivity index (χ4n) is 2.25. The molecule has 1 heterocycles. The lowest BCUT2D eigenvalue weighted by Crippen LogP contribution is -2.48. The molecule has 0 radical (unpaired) electrons. The van der Waals surface area contributed by atoms with Gasteiger partial charge in [-0.05, 0) is 11.6 Å². The van der Waals surface area contributed by atoms with Gasteiger partial charge in [-0.15, -0.1) is 0 Å². The Labute approximate surface area is 108 Å². The Morgan fingerprint density at radius 3 is 2.33 bits per heavy atom. The predicted octanol–water partition coefficient (Wildman–Crippen LogP) is 0.227. The molecule has 1 aromatic rings. The normalized spacial score (nSPS) is 18.0. The van der Waals surface area contributed by atoms with Crippen LogP contribution < -0.4 is 10.6 Å². The van der Waals surface area contributed by atoms with E-state index in [-0.39, 0.29) is 0 Å². The summed E-state index contributed by atoms with van der Waals surface area (Å²) in [4.78, 5) is 2.20. The van der Waals surface area contributed by atoms with Gasteiger partial charge in [-0.1, -0.05) is 18.2 Å². The summed E-state index contributed by atoms with van der Waals surface area (Å²) in [5.74, 6) is 0. The molecule has 100 valence electrons. The summed E-state index contributed by atoms with van der Waals surface area (Å²) in [5, 5.41) is 0. The van der Waals surface area contributed by atoms with Crippen molar-refractivity contribution < 1.29 is 8.42 Å². The van der Waals surface area contributed by atoms with Crippen LogP contribution >= 0.6 is 0 Å². The van der Waals surface area contributed by atoms with Gasteiger partial charge >= 0.3 is 0 Å². The van der Waals surface area contributed by atoms with Gasteiger partial charge in [0, 0.05) is 38.4 Å². The van der Waals surface area contributed by atoms with Gasteiger partial charge in [-0.25, -0.2) is 8.42 Å². The maximum atomic E-state index is 11.4. The zero-order valence-corrected chi connectivity index (χ0v) is 11.4. The van der Waals surface area contributed by atoms with Crippen molar-refractivity contribution in [3.63, 3.8) is 0 Å². The number of para-hydroxylation sites is 1. The molecular weight excluding hydrogens is 250 g/mol.